The molecule has 0 aliphatic carbocycles. The van der Waals surface area contributed by atoms with Gasteiger partial charge in [0.05, 0.1) is 29.5 Å². The zero-order valence-electron chi connectivity index (χ0n) is 22.3. The third-order valence-corrected chi connectivity index (χ3v) is 10.8. The molecule has 14 heteroatoms. The largest absolute Gasteiger partial charge is 0.480 e. The number of carboxylic acid groups (broad SMARTS) is 1. The number of ether oxygens (including phenoxy) is 1. The molecular formula is C26H34N4O8S2. The highest BCUT2D eigenvalue weighted by atomic mass is 32.2. The van der Waals surface area contributed by atoms with Crippen LogP contribution in [0.15, 0.2) is 58.3 Å². The summed E-state index contributed by atoms with van der Waals surface area (Å²) in [4.78, 5) is 26.4. The monoisotopic (exact) mass is 594 g/mol. The lowest BCUT2D eigenvalue weighted by Crippen LogP contribution is -2.50. The van der Waals surface area contributed by atoms with Gasteiger partial charge in [0.2, 0.25) is 20.0 Å². The van der Waals surface area contributed by atoms with E-state index in [0.29, 0.717) is 37.3 Å². The van der Waals surface area contributed by atoms with E-state index in [0.717, 1.165) is 0 Å². The van der Waals surface area contributed by atoms with Gasteiger partial charge >= 0.3 is 11.9 Å². The Labute approximate surface area is 234 Å². The molecule has 12 nitrogen and oxygen atoms in total. The molecule has 2 fully saturated rings. The Morgan fingerprint density at radius 1 is 0.775 bits per heavy atom. The minimum Gasteiger partial charge on any atom is -0.480 e. The molecule has 2 aliphatic rings. The van der Waals surface area contributed by atoms with Gasteiger partial charge in [-0.25, -0.2) is 16.8 Å². The van der Waals surface area contributed by atoms with Crippen molar-refractivity contribution in [2.24, 2.45) is 0 Å². The summed E-state index contributed by atoms with van der Waals surface area (Å²) >= 11 is 0. The molecule has 0 unspecified atom stereocenters. The molecule has 2 aromatic carbocycles. The molecule has 0 bridgehead atoms. The number of carbonyl (C=O) groups is 2. The molecule has 218 valence electrons. The number of carboxylic acids is 1. The van der Waals surface area contributed by atoms with Crippen LogP contribution in [0.2, 0.25) is 0 Å². The fourth-order valence-electron chi connectivity index (χ4n) is 4.88. The van der Waals surface area contributed by atoms with Crippen molar-refractivity contribution >= 4 is 32.0 Å². The van der Waals surface area contributed by atoms with E-state index in [-0.39, 0.29) is 61.6 Å². The molecule has 0 aromatic heterocycles. The summed E-state index contributed by atoms with van der Waals surface area (Å²) in [5.41, 5.74) is 0.838. The van der Waals surface area contributed by atoms with Crippen molar-refractivity contribution in [1.29, 1.82) is 0 Å². The Morgan fingerprint density at radius 2 is 1.35 bits per heavy atom. The second kappa shape index (κ2) is 12.7. The van der Waals surface area contributed by atoms with Crippen molar-refractivity contribution in [2.75, 3.05) is 72.1 Å². The normalized spacial score (nSPS) is 18.4. The molecule has 2 heterocycles. The fraction of sp³-hybridized carbons (Fsp3) is 0.462. The predicted molar refractivity (Wildman–Crippen MR) is 147 cm³/mol. The van der Waals surface area contributed by atoms with Gasteiger partial charge in [-0.05, 0) is 30.7 Å². The van der Waals surface area contributed by atoms with Crippen LogP contribution in [0.4, 0.5) is 0 Å². The molecule has 0 saturated carbocycles. The van der Waals surface area contributed by atoms with Crippen LogP contribution in [-0.4, -0.2) is 124 Å². The van der Waals surface area contributed by atoms with E-state index in [1.165, 1.54) is 26.8 Å². The molecule has 4 rings (SSSR count). The third-order valence-electron chi connectivity index (χ3n) is 6.97. The number of aliphatic carboxylic acids is 1. The van der Waals surface area contributed by atoms with Crippen LogP contribution in [0.5, 0.6) is 0 Å². The Bertz CT molecular complexity index is 1430. The smallest absolute Gasteiger partial charge is 0.320 e. The van der Waals surface area contributed by atoms with Crippen LogP contribution >= 0.6 is 0 Å². The summed E-state index contributed by atoms with van der Waals surface area (Å²) in [7, 11) is -7.79. The van der Waals surface area contributed by atoms with E-state index in [1.807, 2.05) is 4.90 Å². The number of esters is 1. The van der Waals surface area contributed by atoms with E-state index in [4.69, 9.17) is 9.84 Å². The van der Waals surface area contributed by atoms with E-state index in [2.05, 4.69) is 0 Å². The molecule has 2 aliphatic heterocycles. The number of rotatable bonds is 10. The summed E-state index contributed by atoms with van der Waals surface area (Å²) < 4.78 is 61.9. The molecule has 40 heavy (non-hydrogen) atoms. The summed E-state index contributed by atoms with van der Waals surface area (Å²) in [5, 5.41) is 8.99. The van der Waals surface area contributed by atoms with Gasteiger partial charge in [-0.15, -0.1) is 0 Å². The number of nitrogens with zero attached hydrogens (tertiary/aromatic N) is 4. The number of piperazine rings is 2. The zero-order chi connectivity index (χ0) is 28.9. The van der Waals surface area contributed by atoms with Crippen LogP contribution in [0.1, 0.15) is 6.92 Å². The van der Waals surface area contributed by atoms with Crippen LogP contribution in [0.25, 0.3) is 11.1 Å². The average molecular weight is 595 g/mol. The standard InChI is InChI=1S/C26H34N4O8S2/c1-2-38-26(33)20-28-12-16-30(17-13-28)40(36,37)24-9-4-3-8-23(24)21-6-5-7-22(18-21)39(34,35)29-14-10-27(11-15-29)19-25(31)32/h3-9,18H,2,10-17,19-20H2,1H3,(H,31,32). The van der Waals surface area contributed by atoms with Gasteiger partial charge < -0.3 is 9.84 Å². The zero-order valence-corrected chi connectivity index (χ0v) is 23.9. The Morgan fingerprint density at radius 3 is 1.95 bits per heavy atom. The van der Waals surface area contributed by atoms with Gasteiger partial charge in [0, 0.05) is 57.9 Å². The van der Waals surface area contributed by atoms with Gasteiger partial charge in [0.25, 0.3) is 0 Å². The number of sulfonamides is 2. The maximum absolute atomic E-state index is 13.7. The van der Waals surface area contributed by atoms with Crippen molar-refractivity contribution in [3.63, 3.8) is 0 Å². The molecule has 2 saturated heterocycles. The third kappa shape index (κ3) is 6.87. The molecule has 0 amide bonds. The molecule has 0 radical (unpaired) electrons. The van der Waals surface area contributed by atoms with Crippen LogP contribution in [0.3, 0.4) is 0 Å². The first kappa shape index (κ1) is 30.1. The Hall–Kier alpha value is -2.88. The van der Waals surface area contributed by atoms with E-state index in [9.17, 15) is 26.4 Å². The van der Waals surface area contributed by atoms with Crippen molar-refractivity contribution in [1.82, 2.24) is 18.4 Å². The van der Waals surface area contributed by atoms with Crippen LogP contribution < -0.4 is 0 Å². The second-order valence-corrected chi connectivity index (χ2v) is 13.4. The van der Waals surface area contributed by atoms with E-state index in [1.54, 1.807) is 42.2 Å². The van der Waals surface area contributed by atoms with E-state index >= 15 is 0 Å². The van der Waals surface area contributed by atoms with Gasteiger partial charge in [-0.2, -0.15) is 8.61 Å². The van der Waals surface area contributed by atoms with Crippen molar-refractivity contribution in [3.05, 3.63) is 48.5 Å². The maximum atomic E-state index is 13.7. The summed E-state index contributed by atoms with van der Waals surface area (Å²) in [5.74, 6) is -1.31. The second-order valence-electron chi connectivity index (χ2n) is 9.58. The molecule has 2 aromatic rings. The fourth-order valence-corrected chi connectivity index (χ4v) is 7.98. The maximum Gasteiger partial charge on any atom is 0.320 e. The summed E-state index contributed by atoms with van der Waals surface area (Å²) in [6.45, 7) is 4.09. The Kier molecular flexibility index (Phi) is 9.59. The van der Waals surface area contributed by atoms with Crippen LogP contribution in [0, 0.1) is 0 Å². The lowest BCUT2D eigenvalue weighted by molar-refractivity contribution is -0.144. The molecule has 0 spiro atoms. The lowest BCUT2D eigenvalue weighted by atomic mass is 10.1. The summed E-state index contributed by atoms with van der Waals surface area (Å²) in [6.07, 6.45) is 0. The van der Waals surface area contributed by atoms with Crippen molar-refractivity contribution < 1.29 is 36.3 Å². The number of carbonyl (C=O) groups excluding carboxylic acids is 1. The summed E-state index contributed by atoms with van der Waals surface area (Å²) in [6, 6.07) is 12.7. The minimum atomic E-state index is -3.91. The first-order valence-electron chi connectivity index (χ1n) is 13.0. The SMILES string of the molecule is CCOC(=O)CN1CCN(S(=O)(=O)c2ccccc2-c2cccc(S(=O)(=O)N3CCN(CC(=O)O)CC3)c2)CC1. The Balaban J connectivity index is 1.53. The highest BCUT2D eigenvalue weighted by Gasteiger charge is 2.32. The average Bonchev–Trinajstić information content (AvgIpc) is 2.93. The number of hydrogen-bond acceptors (Lipinski definition) is 9. The van der Waals surface area contributed by atoms with Gasteiger partial charge in [0.1, 0.15) is 0 Å². The first-order valence-corrected chi connectivity index (χ1v) is 15.9. The van der Waals surface area contributed by atoms with Gasteiger partial charge in [-0.3, -0.25) is 19.4 Å². The number of benzene rings is 2. The highest BCUT2D eigenvalue weighted by molar-refractivity contribution is 7.89. The first-order chi connectivity index (χ1) is 19.0. The predicted octanol–water partition coefficient (Wildman–Crippen LogP) is 0.614. The topological polar surface area (TPSA) is 145 Å². The van der Waals surface area contributed by atoms with Crippen LogP contribution in [-0.2, 0) is 34.4 Å². The quantitative estimate of drug-likeness (QED) is 0.389. The number of hydrogen-bond donors (Lipinski definition) is 1. The molecule has 0 atom stereocenters. The van der Waals surface area contributed by atoms with Gasteiger partial charge in [0.15, 0.2) is 0 Å². The molecule has 1 N–H and O–H groups in total. The van der Waals surface area contributed by atoms with Crippen molar-refractivity contribution in [3.8, 4) is 11.1 Å². The molecular weight excluding hydrogens is 560 g/mol. The van der Waals surface area contributed by atoms with Gasteiger partial charge in [-0.1, -0.05) is 30.3 Å². The minimum absolute atomic E-state index is 0.0384. The van der Waals surface area contributed by atoms with Crippen molar-refractivity contribution in [2.45, 2.75) is 16.7 Å². The lowest BCUT2D eigenvalue weighted by Gasteiger charge is -2.33. The van der Waals surface area contributed by atoms with E-state index < -0.39 is 26.0 Å². The highest BCUT2D eigenvalue weighted by Crippen LogP contribution is 2.32.